The van der Waals surface area contributed by atoms with Crippen molar-refractivity contribution in [1.29, 1.82) is 5.26 Å². The lowest BCUT2D eigenvalue weighted by molar-refractivity contribution is -0.112. The first-order valence-electron chi connectivity index (χ1n) is 9.31. The Bertz CT molecular complexity index is 1230. The highest BCUT2D eigenvalue weighted by Gasteiger charge is 2.15. The quantitative estimate of drug-likeness (QED) is 0.323. The van der Waals surface area contributed by atoms with E-state index in [2.05, 4.69) is 5.32 Å². The Labute approximate surface area is 184 Å². The minimum absolute atomic E-state index is 0.117. The summed E-state index contributed by atoms with van der Waals surface area (Å²) < 4.78 is 10.5. The molecule has 7 heteroatoms. The molecule has 0 aliphatic carbocycles. The van der Waals surface area contributed by atoms with Gasteiger partial charge < -0.3 is 14.5 Å². The van der Waals surface area contributed by atoms with Crippen molar-refractivity contribution in [2.45, 2.75) is 13.8 Å². The number of carbonyl (C=O) groups excluding carboxylic acids is 2. The van der Waals surface area contributed by atoms with Crippen molar-refractivity contribution >= 4 is 35.2 Å². The van der Waals surface area contributed by atoms with Crippen molar-refractivity contribution in [2.75, 3.05) is 12.4 Å². The number of hydrogen-bond acceptors (Lipinski definition) is 5. The molecule has 1 heterocycles. The molecule has 0 spiro atoms. The summed E-state index contributed by atoms with van der Waals surface area (Å²) in [5.41, 5.74) is 3.42. The van der Waals surface area contributed by atoms with Crippen molar-refractivity contribution in [1.82, 2.24) is 0 Å². The summed E-state index contributed by atoms with van der Waals surface area (Å²) in [7, 11) is 1.29. The van der Waals surface area contributed by atoms with Gasteiger partial charge in [-0.25, -0.2) is 4.79 Å². The van der Waals surface area contributed by atoms with Gasteiger partial charge in [-0.2, -0.15) is 5.26 Å². The number of hydrogen-bond donors (Lipinski definition) is 1. The van der Waals surface area contributed by atoms with Crippen molar-refractivity contribution in [3.8, 4) is 17.4 Å². The van der Waals surface area contributed by atoms with Crippen LogP contribution >= 0.6 is 11.6 Å². The zero-order valence-electron chi connectivity index (χ0n) is 17.2. The monoisotopic (exact) mass is 434 g/mol. The Morgan fingerprint density at radius 1 is 1.10 bits per heavy atom. The third kappa shape index (κ3) is 5.03. The Hall–Kier alpha value is -3.82. The topological polar surface area (TPSA) is 92.3 Å². The fourth-order valence-electron chi connectivity index (χ4n) is 2.84. The van der Waals surface area contributed by atoms with Gasteiger partial charge in [-0.15, -0.1) is 0 Å². The van der Waals surface area contributed by atoms with Crippen LogP contribution in [0.5, 0.6) is 0 Å². The average Bonchev–Trinajstić information content (AvgIpc) is 3.22. The van der Waals surface area contributed by atoms with Crippen LogP contribution in [-0.4, -0.2) is 19.0 Å². The number of methoxy groups -OCH3 is 1. The Morgan fingerprint density at radius 3 is 2.55 bits per heavy atom. The predicted molar refractivity (Wildman–Crippen MR) is 119 cm³/mol. The molecule has 3 rings (SSSR count). The van der Waals surface area contributed by atoms with E-state index in [-0.39, 0.29) is 5.57 Å². The number of nitriles is 1. The van der Waals surface area contributed by atoms with Crippen molar-refractivity contribution in [2.24, 2.45) is 0 Å². The summed E-state index contributed by atoms with van der Waals surface area (Å²) >= 11 is 6.24. The van der Waals surface area contributed by atoms with E-state index in [1.807, 2.05) is 32.0 Å². The number of carbonyl (C=O) groups is 2. The molecule has 6 nitrogen and oxygen atoms in total. The lowest BCUT2D eigenvalue weighted by Crippen LogP contribution is -2.13. The standard InChI is InChI=1S/C24H19ClN2O4/c1-14-4-6-18(10-15(14)2)27-23(28)17(13-26)11-19-7-9-22(31-19)20-12-16(24(29)30-3)5-8-21(20)25/h4-12H,1-3H3,(H,27,28)/b17-11+. The first kappa shape index (κ1) is 21.9. The van der Waals surface area contributed by atoms with Crippen LogP contribution in [0, 0.1) is 25.2 Å². The molecule has 156 valence electrons. The van der Waals surface area contributed by atoms with E-state index >= 15 is 0 Å². The molecule has 0 saturated carbocycles. The Morgan fingerprint density at radius 2 is 1.87 bits per heavy atom. The van der Waals surface area contributed by atoms with E-state index in [1.54, 1.807) is 36.4 Å². The first-order chi connectivity index (χ1) is 14.8. The second kappa shape index (κ2) is 9.33. The van der Waals surface area contributed by atoms with Crippen LogP contribution in [-0.2, 0) is 9.53 Å². The molecule has 31 heavy (non-hydrogen) atoms. The summed E-state index contributed by atoms with van der Waals surface area (Å²) in [6.45, 7) is 3.92. The van der Waals surface area contributed by atoms with Gasteiger partial charge in [0.1, 0.15) is 23.2 Å². The van der Waals surface area contributed by atoms with E-state index in [1.165, 1.54) is 13.2 Å². The number of furan rings is 1. The smallest absolute Gasteiger partial charge is 0.337 e. The Balaban J connectivity index is 1.85. The van der Waals surface area contributed by atoms with Gasteiger partial charge in [-0.3, -0.25) is 4.79 Å². The Kier molecular flexibility index (Phi) is 6.58. The highest BCUT2D eigenvalue weighted by Crippen LogP contribution is 2.31. The predicted octanol–water partition coefficient (Wildman–Crippen LogP) is 5.55. The van der Waals surface area contributed by atoms with Gasteiger partial charge in [0.25, 0.3) is 5.91 Å². The summed E-state index contributed by atoms with van der Waals surface area (Å²) in [4.78, 5) is 24.3. The number of aryl methyl sites for hydroxylation is 2. The van der Waals surface area contributed by atoms with Gasteiger partial charge >= 0.3 is 5.97 Å². The number of halogens is 1. The second-order valence-electron chi connectivity index (χ2n) is 6.81. The third-order valence-electron chi connectivity index (χ3n) is 4.70. The van der Waals surface area contributed by atoms with Crippen molar-refractivity contribution in [3.05, 3.63) is 81.6 Å². The summed E-state index contributed by atoms with van der Waals surface area (Å²) in [6, 6.07) is 15.3. The molecule has 0 saturated heterocycles. The van der Waals surface area contributed by atoms with Crippen LogP contribution in [0.2, 0.25) is 5.02 Å². The van der Waals surface area contributed by atoms with Crippen LogP contribution < -0.4 is 5.32 Å². The molecule has 0 aliphatic rings. The van der Waals surface area contributed by atoms with E-state index in [9.17, 15) is 14.9 Å². The number of esters is 1. The van der Waals surface area contributed by atoms with Gasteiger partial charge in [0, 0.05) is 17.3 Å². The fraction of sp³-hybridized carbons (Fsp3) is 0.125. The number of nitrogens with one attached hydrogen (secondary N) is 1. The molecular formula is C24H19ClN2O4. The number of amides is 1. The summed E-state index contributed by atoms with van der Waals surface area (Å²) in [6.07, 6.45) is 1.35. The molecule has 1 N–H and O–H groups in total. The summed E-state index contributed by atoms with van der Waals surface area (Å²) in [5, 5.41) is 12.5. The fourth-order valence-corrected chi connectivity index (χ4v) is 3.05. The minimum atomic E-state index is -0.547. The van der Waals surface area contributed by atoms with E-state index in [0.717, 1.165) is 11.1 Å². The molecule has 2 aromatic carbocycles. The van der Waals surface area contributed by atoms with Crippen LogP contribution in [0.15, 0.2) is 58.5 Å². The van der Waals surface area contributed by atoms with E-state index < -0.39 is 11.9 Å². The van der Waals surface area contributed by atoms with Crippen molar-refractivity contribution < 1.29 is 18.7 Å². The van der Waals surface area contributed by atoms with Crippen LogP contribution in [0.1, 0.15) is 27.2 Å². The van der Waals surface area contributed by atoms with Gasteiger partial charge in [-0.05, 0) is 67.4 Å². The molecule has 0 bridgehead atoms. The molecule has 0 unspecified atom stereocenters. The maximum absolute atomic E-state index is 12.5. The van der Waals surface area contributed by atoms with E-state index in [0.29, 0.717) is 33.4 Å². The van der Waals surface area contributed by atoms with Gasteiger partial charge in [-0.1, -0.05) is 17.7 Å². The molecule has 0 atom stereocenters. The maximum Gasteiger partial charge on any atom is 0.337 e. The number of rotatable bonds is 5. The molecular weight excluding hydrogens is 416 g/mol. The molecule has 3 aromatic rings. The van der Waals surface area contributed by atoms with Crippen LogP contribution in [0.4, 0.5) is 5.69 Å². The number of ether oxygens (including phenoxy) is 1. The van der Waals surface area contributed by atoms with Gasteiger partial charge in [0.05, 0.1) is 17.7 Å². The number of anilines is 1. The largest absolute Gasteiger partial charge is 0.465 e. The zero-order chi connectivity index (χ0) is 22.5. The van der Waals surface area contributed by atoms with Gasteiger partial charge in [0.2, 0.25) is 0 Å². The molecule has 0 radical (unpaired) electrons. The average molecular weight is 435 g/mol. The second-order valence-corrected chi connectivity index (χ2v) is 7.22. The minimum Gasteiger partial charge on any atom is -0.465 e. The number of benzene rings is 2. The lowest BCUT2D eigenvalue weighted by Gasteiger charge is -2.07. The SMILES string of the molecule is COC(=O)c1ccc(Cl)c(-c2ccc(/C=C(\C#N)C(=O)Nc3ccc(C)c(C)c3)o2)c1. The van der Waals surface area contributed by atoms with Crippen LogP contribution in [0.25, 0.3) is 17.4 Å². The van der Waals surface area contributed by atoms with E-state index in [4.69, 9.17) is 20.8 Å². The number of nitrogens with zero attached hydrogens (tertiary/aromatic N) is 1. The third-order valence-corrected chi connectivity index (χ3v) is 5.03. The van der Waals surface area contributed by atoms with Crippen LogP contribution in [0.3, 0.4) is 0 Å². The molecule has 1 amide bonds. The normalized spacial score (nSPS) is 11.0. The van der Waals surface area contributed by atoms with Crippen molar-refractivity contribution in [3.63, 3.8) is 0 Å². The highest BCUT2D eigenvalue weighted by molar-refractivity contribution is 6.33. The molecule has 0 aliphatic heterocycles. The summed E-state index contributed by atoms with van der Waals surface area (Å²) in [5.74, 6) is -0.371. The zero-order valence-corrected chi connectivity index (χ0v) is 17.9. The van der Waals surface area contributed by atoms with Gasteiger partial charge in [0.15, 0.2) is 0 Å². The molecule has 0 fully saturated rings. The molecule has 1 aromatic heterocycles. The maximum atomic E-state index is 12.5. The highest BCUT2D eigenvalue weighted by atomic mass is 35.5. The first-order valence-corrected chi connectivity index (χ1v) is 9.68. The lowest BCUT2D eigenvalue weighted by atomic mass is 10.1.